The minimum Gasteiger partial charge on any atom is -0.396 e. The molecule has 20 heavy (non-hydrogen) atoms. The van der Waals surface area contributed by atoms with E-state index in [-0.39, 0.29) is 6.61 Å². The van der Waals surface area contributed by atoms with Crippen molar-refractivity contribution in [1.29, 1.82) is 0 Å². The van der Waals surface area contributed by atoms with E-state index in [1.165, 1.54) is 12.8 Å². The molecule has 7 heteroatoms. The van der Waals surface area contributed by atoms with Crippen LogP contribution in [0.4, 0.5) is 11.8 Å². The molecule has 0 amide bonds. The van der Waals surface area contributed by atoms with Gasteiger partial charge in [0.25, 0.3) is 0 Å². The molecule has 0 unspecified atom stereocenters. The summed E-state index contributed by atoms with van der Waals surface area (Å²) < 4.78 is 1.77. The average molecular weight is 276 g/mol. The van der Waals surface area contributed by atoms with Gasteiger partial charge in [-0.1, -0.05) is 0 Å². The Labute approximate surface area is 117 Å². The Morgan fingerprint density at radius 1 is 1.30 bits per heavy atom. The normalized spacial score (nSPS) is 15.2. The maximum atomic E-state index is 8.85. The summed E-state index contributed by atoms with van der Waals surface area (Å²) in [5, 5.41) is 17.3. The van der Waals surface area contributed by atoms with Crippen molar-refractivity contribution in [2.45, 2.75) is 19.3 Å². The van der Waals surface area contributed by atoms with Crippen LogP contribution in [0.5, 0.6) is 0 Å². The van der Waals surface area contributed by atoms with Gasteiger partial charge in [-0.15, -0.1) is 0 Å². The Balaban J connectivity index is 1.97. The van der Waals surface area contributed by atoms with Crippen LogP contribution in [-0.2, 0) is 7.05 Å². The minimum absolute atomic E-state index is 0.167. The van der Waals surface area contributed by atoms with Gasteiger partial charge in [0.05, 0.1) is 11.6 Å². The van der Waals surface area contributed by atoms with Gasteiger partial charge in [-0.2, -0.15) is 15.1 Å². The molecule has 0 aliphatic carbocycles. The first-order valence-corrected chi connectivity index (χ1v) is 7.09. The van der Waals surface area contributed by atoms with Gasteiger partial charge in [0.2, 0.25) is 5.95 Å². The standard InChI is InChI=1S/C13H20N6O/c1-18-11-10(9-15-18)12(19-6-2-3-7-19)17-13(16-11)14-5-4-8-20/h9,20H,2-8H2,1H3,(H,14,16,17). The molecule has 1 aliphatic heterocycles. The van der Waals surface area contributed by atoms with Crippen LogP contribution in [0.25, 0.3) is 11.0 Å². The Hall–Kier alpha value is -1.89. The van der Waals surface area contributed by atoms with E-state index in [0.717, 1.165) is 29.9 Å². The highest BCUT2D eigenvalue weighted by molar-refractivity contribution is 5.88. The third-order valence-corrected chi connectivity index (χ3v) is 3.60. The average Bonchev–Trinajstić information content (AvgIpc) is 3.09. The fraction of sp³-hybridized carbons (Fsp3) is 0.615. The summed E-state index contributed by atoms with van der Waals surface area (Å²) in [5.74, 6) is 1.57. The van der Waals surface area contributed by atoms with Crippen molar-refractivity contribution < 1.29 is 5.11 Å². The predicted octanol–water partition coefficient (Wildman–Crippen LogP) is 0.758. The van der Waals surface area contributed by atoms with Crippen molar-refractivity contribution >= 4 is 22.8 Å². The Bertz CT molecular complexity index is 590. The maximum absolute atomic E-state index is 8.85. The zero-order valence-corrected chi connectivity index (χ0v) is 11.7. The number of hydrogen-bond acceptors (Lipinski definition) is 6. The molecular formula is C13H20N6O. The van der Waals surface area contributed by atoms with Crippen molar-refractivity contribution in [1.82, 2.24) is 19.7 Å². The van der Waals surface area contributed by atoms with Crippen LogP contribution < -0.4 is 10.2 Å². The molecule has 1 aliphatic rings. The van der Waals surface area contributed by atoms with Gasteiger partial charge in [0.1, 0.15) is 5.82 Å². The first-order chi connectivity index (χ1) is 9.79. The molecule has 2 N–H and O–H groups in total. The number of aromatic nitrogens is 4. The second-order valence-electron chi connectivity index (χ2n) is 5.07. The van der Waals surface area contributed by atoms with E-state index in [1.54, 1.807) is 4.68 Å². The van der Waals surface area contributed by atoms with E-state index in [9.17, 15) is 0 Å². The molecule has 2 aromatic heterocycles. The van der Waals surface area contributed by atoms with Crippen molar-refractivity contribution in [3.63, 3.8) is 0 Å². The lowest BCUT2D eigenvalue weighted by Gasteiger charge is -2.18. The van der Waals surface area contributed by atoms with Gasteiger partial charge in [0, 0.05) is 33.3 Å². The highest BCUT2D eigenvalue weighted by Crippen LogP contribution is 2.27. The van der Waals surface area contributed by atoms with Crippen LogP contribution in [0.2, 0.25) is 0 Å². The molecular weight excluding hydrogens is 256 g/mol. The number of anilines is 2. The first kappa shape index (κ1) is 13.1. The Morgan fingerprint density at radius 2 is 2.10 bits per heavy atom. The van der Waals surface area contributed by atoms with E-state index in [1.807, 2.05) is 13.2 Å². The summed E-state index contributed by atoms with van der Waals surface area (Å²) in [5.41, 5.74) is 0.841. The Morgan fingerprint density at radius 3 is 2.85 bits per heavy atom. The van der Waals surface area contributed by atoms with Crippen molar-refractivity contribution in [3.05, 3.63) is 6.20 Å². The number of fused-ring (bicyclic) bond motifs is 1. The van der Waals surface area contributed by atoms with Crippen molar-refractivity contribution in [2.24, 2.45) is 7.05 Å². The van der Waals surface area contributed by atoms with Crippen LogP contribution in [0, 0.1) is 0 Å². The number of aliphatic hydroxyl groups is 1. The van der Waals surface area contributed by atoms with Crippen LogP contribution in [0.1, 0.15) is 19.3 Å². The summed E-state index contributed by atoms with van der Waals surface area (Å²) in [6.45, 7) is 2.91. The summed E-state index contributed by atoms with van der Waals surface area (Å²) >= 11 is 0. The third kappa shape index (κ3) is 2.40. The summed E-state index contributed by atoms with van der Waals surface area (Å²) in [7, 11) is 1.89. The van der Waals surface area contributed by atoms with Crippen LogP contribution in [0.15, 0.2) is 6.20 Å². The SMILES string of the molecule is Cn1ncc2c(N3CCCC3)nc(NCCCO)nc21. The van der Waals surface area contributed by atoms with Gasteiger partial charge in [-0.3, -0.25) is 4.68 Å². The molecule has 108 valence electrons. The first-order valence-electron chi connectivity index (χ1n) is 7.09. The third-order valence-electron chi connectivity index (χ3n) is 3.60. The molecule has 2 aromatic rings. The molecule has 0 radical (unpaired) electrons. The summed E-state index contributed by atoms with van der Waals surface area (Å²) in [6, 6.07) is 0. The second kappa shape index (κ2) is 5.62. The highest BCUT2D eigenvalue weighted by Gasteiger charge is 2.19. The van der Waals surface area contributed by atoms with Crippen molar-refractivity contribution in [3.8, 4) is 0 Å². The molecule has 1 saturated heterocycles. The number of aryl methyl sites for hydroxylation is 1. The molecule has 3 heterocycles. The van der Waals surface area contributed by atoms with E-state index >= 15 is 0 Å². The van der Waals surface area contributed by atoms with Crippen molar-refractivity contribution in [2.75, 3.05) is 36.5 Å². The number of hydrogen-bond donors (Lipinski definition) is 2. The molecule has 0 spiro atoms. The lowest BCUT2D eigenvalue weighted by atomic mass is 10.3. The number of nitrogens with one attached hydrogen (secondary N) is 1. The fourth-order valence-corrected chi connectivity index (χ4v) is 2.54. The second-order valence-corrected chi connectivity index (χ2v) is 5.07. The predicted molar refractivity (Wildman–Crippen MR) is 77.9 cm³/mol. The zero-order valence-electron chi connectivity index (χ0n) is 11.7. The molecule has 1 fully saturated rings. The van der Waals surface area contributed by atoms with E-state index in [2.05, 4.69) is 25.3 Å². The maximum Gasteiger partial charge on any atom is 0.226 e. The minimum atomic E-state index is 0.167. The largest absolute Gasteiger partial charge is 0.396 e. The molecule has 3 rings (SSSR count). The molecule has 7 nitrogen and oxygen atoms in total. The summed E-state index contributed by atoms with van der Waals surface area (Å²) in [4.78, 5) is 11.4. The molecule has 0 bridgehead atoms. The highest BCUT2D eigenvalue weighted by atomic mass is 16.3. The monoisotopic (exact) mass is 276 g/mol. The Kier molecular flexibility index (Phi) is 3.68. The number of aliphatic hydroxyl groups excluding tert-OH is 1. The van der Waals surface area contributed by atoms with E-state index in [4.69, 9.17) is 5.11 Å². The molecule has 0 saturated carbocycles. The van der Waals surface area contributed by atoms with Gasteiger partial charge in [0.15, 0.2) is 5.65 Å². The van der Waals surface area contributed by atoms with Crippen LogP contribution in [0.3, 0.4) is 0 Å². The van der Waals surface area contributed by atoms with Crippen LogP contribution in [-0.4, -0.2) is 51.1 Å². The van der Waals surface area contributed by atoms with Crippen LogP contribution >= 0.6 is 0 Å². The summed E-state index contributed by atoms with van der Waals surface area (Å²) in [6.07, 6.45) is 4.93. The zero-order chi connectivity index (χ0) is 13.9. The molecule has 0 aromatic carbocycles. The number of nitrogens with zero attached hydrogens (tertiary/aromatic N) is 5. The van der Waals surface area contributed by atoms with E-state index < -0.39 is 0 Å². The fourth-order valence-electron chi connectivity index (χ4n) is 2.54. The smallest absolute Gasteiger partial charge is 0.226 e. The quantitative estimate of drug-likeness (QED) is 0.785. The number of rotatable bonds is 5. The lowest BCUT2D eigenvalue weighted by Crippen LogP contribution is -2.20. The molecule has 0 atom stereocenters. The lowest BCUT2D eigenvalue weighted by molar-refractivity contribution is 0.292. The van der Waals surface area contributed by atoms with Gasteiger partial charge >= 0.3 is 0 Å². The van der Waals surface area contributed by atoms with Gasteiger partial charge < -0.3 is 15.3 Å². The van der Waals surface area contributed by atoms with E-state index in [0.29, 0.717) is 18.9 Å². The van der Waals surface area contributed by atoms with Gasteiger partial charge in [-0.25, -0.2) is 0 Å². The van der Waals surface area contributed by atoms with Gasteiger partial charge in [-0.05, 0) is 19.3 Å². The topological polar surface area (TPSA) is 79.1 Å².